The Bertz CT molecular complexity index is 1340. The zero-order valence-corrected chi connectivity index (χ0v) is 19.8. The van der Waals surface area contributed by atoms with Crippen LogP contribution in [0.1, 0.15) is 22.9 Å². The van der Waals surface area contributed by atoms with Crippen molar-refractivity contribution in [1.29, 1.82) is 0 Å². The van der Waals surface area contributed by atoms with E-state index in [0.29, 0.717) is 22.6 Å². The van der Waals surface area contributed by atoms with Crippen LogP contribution in [0.15, 0.2) is 55.2 Å². The van der Waals surface area contributed by atoms with Gasteiger partial charge < -0.3 is 33.3 Å². The largest absolute Gasteiger partial charge is 0.504 e. The third kappa shape index (κ3) is 6.04. The van der Waals surface area contributed by atoms with E-state index in [1.54, 1.807) is 30.6 Å². The molecular weight excluding hydrogens is 478 g/mol. The molecule has 0 aliphatic carbocycles. The van der Waals surface area contributed by atoms with Gasteiger partial charge in [-0.3, -0.25) is 4.55 Å². The summed E-state index contributed by atoms with van der Waals surface area (Å²) in [5.41, 5.74) is 2.04. The molecule has 4 rings (SSSR count). The molecule has 1 aliphatic rings. The number of phenols is 2. The van der Waals surface area contributed by atoms with Gasteiger partial charge in [-0.15, -0.1) is 0 Å². The van der Waals surface area contributed by atoms with Gasteiger partial charge in [0.15, 0.2) is 23.0 Å². The monoisotopic (exact) mass is 503 g/mol. The number of imidazole rings is 1. The lowest BCUT2D eigenvalue weighted by atomic mass is 10.1. The third-order valence-electron chi connectivity index (χ3n) is 5.28. The Morgan fingerprint density at radius 3 is 2.63 bits per heavy atom. The molecule has 2 heterocycles. The van der Waals surface area contributed by atoms with Gasteiger partial charge in [-0.1, -0.05) is 12.1 Å². The summed E-state index contributed by atoms with van der Waals surface area (Å²) in [6.45, 7) is 0.821. The van der Waals surface area contributed by atoms with Gasteiger partial charge in [-0.05, 0) is 55.6 Å². The molecule has 2 atom stereocenters. The SMILES string of the molecule is CN(C)CCc1cn(C(c2ccc(O)c(O)c2)C2Oc3ccc(C=COS(=O)(=O)O)cc3O2)cn1. The summed E-state index contributed by atoms with van der Waals surface area (Å²) in [5.74, 6) is 0.348. The summed E-state index contributed by atoms with van der Waals surface area (Å²) in [6, 6.07) is 8.88. The molecule has 1 aliphatic heterocycles. The fraction of sp³-hybridized carbons (Fsp3) is 0.261. The van der Waals surface area contributed by atoms with Crippen LogP contribution in [-0.4, -0.2) is 64.6 Å². The van der Waals surface area contributed by atoms with Crippen LogP contribution in [0.25, 0.3) is 6.08 Å². The van der Waals surface area contributed by atoms with Gasteiger partial charge in [-0.2, -0.15) is 8.42 Å². The van der Waals surface area contributed by atoms with Crippen molar-refractivity contribution in [3.8, 4) is 23.0 Å². The lowest BCUT2D eigenvalue weighted by molar-refractivity contribution is 0.0148. The van der Waals surface area contributed by atoms with Crippen molar-refractivity contribution in [2.75, 3.05) is 20.6 Å². The van der Waals surface area contributed by atoms with E-state index in [0.717, 1.165) is 24.9 Å². The molecule has 0 amide bonds. The number of benzene rings is 2. The van der Waals surface area contributed by atoms with Crippen molar-refractivity contribution in [1.82, 2.24) is 14.5 Å². The highest BCUT2D eigenvalue weighted by molar-refractivity contribution is 7.81. The van der Waals surface area contributed by atoms with Crippen LogP contribution in [-0.2, 0) is 21.0 Å². The van der Waals surface area contributed by atoms with E-state index in [1.165, 1.54) is 18.2 Å². The average molecular weight is 504 g/mol. The number of hydrogen-bond acceptors (Lipinski definition) is 9. The predicted molar refractivity (Wildman–Crippen MR) is 126 cm³/mol. The topological polar surface area (TPSA) is 144 Å². The Morgan fingerprint density at radius 2 is 1.91 bits per heavy atom. The molecule has 2 aromatic carbocycles. The van der Waals surface area contributed by atoms with Gasteiger partial charge in [0.25, 0.3) is 6.29 Å². The maximum absolute atomic E-state index is 10.7. The van der Waals surface area contributed by atoms with E-state index in [9.17, 15) is 18.6 Å². The Balaban J connectivity index is 1.61. The van der Waals surface area contributed by atoms with E-state index < -0.39 is 22.7 Å². The first-order chi connectivity index (χ1) is 16.6. The van der Waals surface area contributed by atoms with Gasteiger partial charge in [0.2, 0.25) is 0 Å². The van der Waals surface area contributed by atoms with Crippen molar-refractivity contribution in [2.45, 2.75) is 18.8 Å². The zero-order valence-electron chi connectivity index (χ0n) is 19.0. The smallest absolute Gasteiger partial charge is 0.445 e. The molecule has 35 heavy (non-hydrogen) atoms. The minimum atomic E-state index is -4.59. The van der Waals surface area contributed by atoms with E-state index >= 15 is 0 Å². The van der Waals surface area contributed by atoms with Gasteiger partial charge in [0.1, 0.15) is 12.3 Å². The summed E-state index contributed by atoms with van der Waals surface area (Å²) in [5, 5.41) is 19.9. The lowest BCUT2D eigenvalue weighted by Crippen LogP contribution is -2.31. The molecule has 0 saturated carbocycles. The molecule has 11 nitrogen and oxygen atoms in total. The van der Waals surface area contributed by atoms with Crippen molar-refractivity contribution >= 4 is 16.5 Å². The maximum Gasteiger partial charge on any atom is 0.445 e. The molecular formula is C23H25N3O8S. The van der Waals surface area contributed by atoms with Crippen LogP contribution < -0.4 is 9.47 Å². The van der Waals surface area contributed by atoms with Crippen molar-refractivity contribution in [3.05, 3.63) is 72.0 Å². The van der Waals surface area contributed by atoms with Crippen LogP contribution in [0, 0.1) is 0 Å². The molecule has 0 radical (unpaired) electrons. The molecule has 12 heteroatoms. The average Bonchev–Trinajstić information content (AvgIpc) is 3.41. The first-order valence-electron chi connectivity index (χ1n) is 10.6. The highest BCUT2D eigenvalue weighted by Crippen LogP contribution is 2.41. The van der Waals surface area contributed by atoms with Crippen LogP contribution in [0.5, 0.6) is 23.0 Å². The summed E-state index contributed by atoms with van der Waals surface area (Å²) in [6.07, 6.45) is 5.63. The van der Waals surface area contributed by atoms with E-state index in [2.05, 4.69) is 14.1 Å². The summed E-state index contributed by atoms with van der Waals surface area (Å²) in [4.78, 5) is 6.54. The first-order valence-corrected chi connectivity index (χ1v) is 11.9. The summed E-state index contributed by atoms with van der Waals surface area (Å²) in [7, 11) is -0.631. The second kappa shape index (κ2) is 9.86. The molecule has 0 bridgehead atoms. The van der Waals surface area contributed by atoms with E-state index in [1.807, 2.05) is 24.9 Å². The molecule has 186 valence electrons. The van der Waals surface area contributed by atoms with Crippen molar-refractivity contribution in [3.63, 3.8) is 0 Å². The highest BCUT2D eigenvalue weighted by atomic mass is 32.3. The van der Waals surface area contributed by atoms with Crippen LogP contribution in [0.3, 0.4) is 0 Å². The lowest BCUT2D eigenvalue weighted by Gasteiger charge is -2.24. The molecule has 3 N–H and O–H groups in total. The zero-order chi connectivity index (χ0) is 25.2. The summed E-state index contributed by atoms with van der Waals surface area (Å²) < 4.78 is 48.3. The maximum atomic E-state index is 10.7. The van der Waals surface area contributed by atoms with E-state index in [-0.39, 0.29) is 11.5 Å². The number of ether oxygens (including phenoxy) is 2. The number of aromatic nitrogens is 2. The Hall–Kier alpha value is -3.74. The van der Waals surface area contributed by atoms with Crippen molar-refractivity contribution < 1.29 is 36.8 Å². The molecule has 0 saturated heterocycles. The standard InChI is InChI=1S/C23H25N3O8S/c1-25(2)9-7-17-13-26(14-24-17)22(16-4-5-18(27)19(28)12-16)23-33-20-6-3-15(11-21(20)34-23)8-10-32-35(29,30)31/h3-6,8,10-14,22-23,27-28H,7,9H2,1-2H3,(H,29,30,31). The van der Waals surface area contributed by atoms with Crippen LogP contribution >= 0.6 is 0 Å². The Morgan fingerprint density at radius 1 is 1.14 bits per heavy atom. The number of nitrogens with zero attached hydrogens (tertiary/aromatic N) is 3. The van der Waals surface area contributed by atoms with Crippen molar-refractivity contribution in [2.24, 2.45) is 0 Å². The van der Waals surface area contributed by atoms with Crippen LogP contribution in [0.2, 0.25) is 0 Å². The van der Waals surface area contributed by atoms with Gasteiger partial charge >= 0.3 is 10.4 Å². The molecule has 2 unspecified atom stereocenters. The van der Waals surface area contributed by atoms with Gasteiger partial charge in [-0.25, -0.2) is 4.98 Å². The number of phenolic OH excluding ortho intramolecular Hbond substituents is 2. The van der Waals surface area contributed by atoms with E-state index in [4.69, 9.17) is 14.0 Å². The fourth-order valence-corrected chi connectivity index (χ4v) is 3.79. The summed E-state index contributed by atoms with van der Waals surface area (Å²) >= 11 is 0. The molecule has 1 aromatic heterocycles. The highest BCUT2D eigenvalue weighted by Gasteiger charge is 2.35. The second-order valence-electron chi connectivity index (χ2n) is 8.20. The number of likely N-dealkylation sites (N-methyl/N-ethyl adjacent to an activating group) is 1. The fourth-order valence-electron chi connectivity index (χ4n) is 3.59. The minimum absolute atomic E-state index is 0.245. The predicted octanol–water partition coefficient (Wildman–Crippen LogP) is 2.58. The molecule has 0 spiro atoms. The third-order valence-corrected chi connectivity index (χ3v) is 5.64. The minimum Gasteiger partial charge on any atom is -0.504 e. The number of aromatic hydroxyl groups is 2. The first kappa shape index (κ1) is 24.4. The number of hydrogen-bond donors (Lipinski definition) is 3. The number of fused-ring (bicyclic) bond motifs is 1. The van der Waals surface area contributed by atoms with Gasteiger partial charge in [0.05, 0.1) is 12.0 Å². The quantitative estimate of drug-likeness (QED) is 0.226. The van der Waals surface area contributed by atoms with Gasteiger partial charge in [0, 0.05) is 19.2 Å². The number of rotatable bonds is 9. The molecule has 0 fully saturated rings. The Kier molecular flexibility index (Phi) is 6.87. The normalized spacial score (nSPS) is 16.2. The second-order valence-corrected chi connectivity index (χ2v) is 9.24. The van der Waals surface area contributed by atoms with Crippen LogP contribution in [0.4, 0.5) is 0 Å². The molecule has 3 aromatic rings. The Labute approximate surface area is 202 Å².